The number of oxime groups is 1. The van der Waals surface area contributed by atoms with E-state index < -0.39 is 6.10 Å². The molecule has 0 unspecified atom stereocenters. The van der Waals surface area contributed by atoms with Crippen molar-refractivity contribution in [2.24, 2.45) is 5.16 Å². The van der Waals surface area contributed by atoms with Gasteiger partial charge in [-0.15, -0.1) is 0 Å². The second-order valence-corrected chi connectivity index (χ2v) is 3.71. The van der Waals surface area contributed by atoms with Gasteiger partial charge >= 0.3 is 0 Å². The van der Waals surface area contributed by atoms with Gasteiger partial charge in [0.25, 0.3) is 5.91 Å². The van der Waals surface area contributed by atoms with Crippen LogP contribution in [0.15, 0.2) is 21.7 Å². The van der Waals surface area contributed by atoms with Crippen LogP contribution in [0.5, 0.6) is 0 Å². The zero-order valence-corrected chi connectivity index (χ0v) is 9.45. The highest BCUT2D eigenvalue weighted by Crippen LogP contribution is 2.20. The second-order valence-electron chi connectivity index (χ2n) is 3.33. The minimum atomic E-state index is -0.571. The van der Waals surface area contributed by atoms with Gasteiger partial charge in [-0.25, -0.2) is 0 Å². The molecule has 1 aromatic heterocycles. The number of halogens is 1. The Morgan fingerprint density at radius 3 is 3.12 bits per heavy atom. The van der Waals surface area contributed by atoms with Gasteiger partial charge in [0.05, 0.1) is 0 Å². The molecule has 1 amide bonds. The van der Waals surface area contributed by atoms with Crippen LogP contribution in [0.3, 0.4) is 0 Å². The van der Waals surface area contributed by atoms with Gasteiger partial charge in [-0.3, -0.25) is 4.79 Å². The highest BCUT2D eigenvalue weighted by atomic mass is 35.5. The number of hydrogen-bond donors (Lipinski definition) is 1. The molecule has 0 bridgehead atoms. The number of nitrogens with one attached hydrogen (secondary N) is 1. The van der Waals surface area contributed by atoms with Crippen molar-refractivity contribution in [2.75, 3.05) is 6.54 Å². The Morgan fingerprint density at radius 2 is 2.50 bits per heavy atom. The van der Waals surface area contributed by atoms with E-state index in [1.54, 1.807) is 12.1 Å². The van der Waals surface area contributed by atoms with Crippen LogP contribution >= 0.6 is 11.6 Å². The summed E-state index contributed by atoms with van der Waals surface area (Å²) < 4.78 is 5.18. The van der Waals surface area contributed by atoms with Gasteiger partial charge in [-0.1, -0.05) is 5.16 Å². The summed E-state index contributed by atoms with van der Waals surface area (Å²) in [4.78, 5) is 16.5. The zero-order chi connectivity index (χ0) is 11.5. The van der Waals surface area contributed by atoms with Crippen LogP contribution < -0.4 is 5.32 Å². The molecule has 6 heteroatoms. The maximum absolute atomic E-state index is 11.5. The van der Waals surface area contributed by atoms with E-state index in [2.05, 4.69) is 10.5 Å². The van der Waals surface area contributed by atoms with E-state index in [1.807, 2.05) is 6.92 Å². The van der Waals surface area contributed by atoms with Gasteiger partial charge in [-0.05, 0) is 30.7 Å². The average molecular weight is 243 g/mol. The van der Waals surface area contributed by atoms with Gasteiger partial charge in [-0.2, -0.15) is 0 Å². The summed E-state index contributed by atoms with van der Waals surface area (Å²) >= 11 is 5.65. The lowest BCUT2D eigenvalue weighted by molar-refractivity contribution is -0.131. The third kappa shape index (κ3) is 2.19. The fourth-order valence-corrected chi connectivity index (χ4v) is 1.57. The highest BCUT2D eigenvalue weighted by molar-refractivity contribution is 6.29. The summed E-state index contributed by atoms with van der Waals surface area (Å²) in [5, 5.41) is 6.77. The fraction of sp³-hybridized carbons (Fsp3) is 0.400. The summed E-state index contributed by atoms with van der Waals surface area (Å²) in [5.41, 5.74) is 0.600. The average Bonchev–Trinajstić information content (AvgIpc) is 2.85. The molecular weight excluding hydrogens is 232 g/mol. The van der Waals surface area contributed by atoms with Gasteiger partial charge in [0.2, 0.25) is 6.10 Å². The van der Waals surface area contributed by atoms with Crippen molar-refractivity contribution in [3.63, 3.8) is 0 Å². The van der Waals surface area contributed by atoms with E-state index in [4.69, 9.17) is 20.9 Å². The monoisotopic (exact) mass is 242 g/mol. The van der Waals surface area contributed by atoms with Gasteiger partial charge < -0.3 is 14.6 Å². The highest BCUT2D eigenvalue weighted by Gasteiger charge is 2.29. The maximum Gasteiger partial charge on any atom is 0.264 e. The number of amides is 1. The largest absolute Gasteiger partial charge is 0.443 e. The van der Waals surface area contributed by atoms with Crippen molar-refractivity contribution in [3.8, 4) is 0 Å². The van der Waals surface area contributed by atoms with Crippen molar-refractivity contribution in [1.82, 2.24) is 5.32 Å². The van der Waals surface area contributed by atoms with Gasteiger partial charge in [0, 0.05) is 13.0 Å². The SMILES string of the molecule is CCNC(=O)[C@@H]1CC(c2ccc(Cl)o2)=NO1. The van der Waals surface area contributed by atoms with E-state index in [1.165, 1.54) is 0 Å². The van der Waals surface area contributed by atoms with Crippen molar-refractivity contribution in [1.29, 1.82) is 0 Å². The number of nitrogens with zero attached hydrogens (tertiary/aromatic N) is 1. The van der Waals surface area contributed by atoms with Crippen LogP contribution in [0.2, 0.25) is 5.22 Å². The first-order valence-corrected chi connectivity index (χ1v) is 5.34. The van der Waals surface area contributed by atoms with E-state index in [-0.39, 0.29) is 5.91 Å². The number of rotatable bonds is 3. The third-order valence-corrected chi connectivity index (χ3v) is 2.37. The topological polar surface area (TPSA) is 63.8 Å². The minimum absolute atomic E-state index is 0.168. The molecule has 0 saturated carbocycles. The summed E-state index contributed by atoms with van der Waals surface area (Å²) in [6, 6.07) is 3.32. The quantitative estimate of drug-likeness (QED) is 0.875. The van der Waals surface area contributed by atoms with Crippen LogP contribution in [-0.4, -0.2) is 24.3 Å². The number of furan rings is 1. The molecule has 1 aliphatic rings. The molecule has 1 aromatic rings. The second kappa shape index (κ2) is 4.57. The molecule has 2 rings (SSSR count). The van der Waals surface area contributed by atoms with E-state index in [9.17, 15) is 4.79 Å². The molecule has 0 aliphatic carbocycles. The summed E-state index contributed by atoms with van der Waals surface area (Å²) in [6.45, 7) is 2.42. The minimum Gasteiger partial charge on any atom is -0.443 e. The molecule has 2 heterocycles. The molecule has 1 N–H and O–H groups in total. The Morgan fingerprint density at radius 1 is 1.69 bits per heavy atom. The molecular formula is C10H11ClN2O3. The number of carbonyl (C=O) groups is 1. The van der Waals surface area contributed by atoms with Gasteiger partial charge in [0.15, 0.2) is 11.0 Å². The predicted molar refractivity (Wildman–Crippen MR) is 58.4 cm³/mol. The molecule has 16 heavy (non-hydrogen) atoms. The molecule has 0 fully saturated rings. The van der Waals surface area contributed by atoms with Crippen molar-refractivity contribution < 1.29 is 14.0 Å². The van der Waals surface area contributed by atoms with E-state index in [0.29, 0.717) is 29.7 Å². The maximum atomic E-state index is 11.5. The Kier molecular flexibility index (Phi) is 3.14. The van der Waals surface area contributed by atoms with E-state index in [0.717, 1.165) is 0 Å². The smallest absolute Gasteiger partial charge is 0.264 e. The first-order chi connectivity index (χ1) is 7.70. The Hall–Kier alpha value is -1.49. The van der Waals surface area contributed by atoms with Crippen LogP contribution in [0.25, 0.3) is 0 Å². The standard InChI is InChI=1S/C10H11ClN2O3/c1-2-12-10(14)8-5-6(13-16-8)7-3-4-9(11)15-7/h3-4,8H,2,5H2,1H3,(H,12,14)/t8-/m0/s1. The van der Waals surface area contributed by atoms with E-state index >= 15 is 0 Å². The fourth-order valence-electron chi connectivity index (χ4n) is 1.42. The molecule has 0 radical (unpaired) electrons. The molecule has 0 aromatic carbocycles. The summed E-state index contributed by atoms with van der Waals surface area (Å²) in [6.07, 6.45) is -0.172. The molecule has 0 spiro atoms. The van der Waals surface area contributed by atoms with Crippen LogP contribution in [0, 0.1) is 0 Å². The molecule has 86 valence electrons. The summed E-state index contributed by atoms with van der Waals surface area (Å²) in [7, 11) is 0. The Balaban J connectivity index is 1.99. The van der Waals surface area contributed by atoms with Crippen molar-refractivity contribution in [3.05, 3.63) is 23.1 Å². The number of likely N-dealkylation sites (N-methyl/N-ethyl adjacent to an activating group) is 1. The lowest BCUT2D eigenvalue weighted by Gasteiger charge is -2.06. The zero-order valence-electron chi connectivity index (χ0n) is 8.70. The molecule has 1 aliphatic heterocycles. The first kappa shape index (κ1) is 11.0. The first-order valence-electron chi connectivity index (χ1n) is 4.97. The lowest BCUT2D eigenvalue weighted by Crippen LogP contribution is -2.34. The molecule has 5 nitrogen and oxygen atoms in total. The van der Waals surface area contributed by atoms with Crippen LogP contribution in [0.1, 0.15) is 19.1 Å². The van der Waals surface area contributed by atoms with Crippen molar-refractivity contribution in [2.45, 2.75) is 19.4 Å². The lowest BCUT2D eigenvalue weighted by atomic mass is 10.1. The third-order valence-electron chi connectivity index (χ3n) is 2.17. The molecule has 1 atom stereocenters. The summed E-state index contributed by atoms with van der Waals surface area (Å²) in [5.74, 6) is 0.371. The number of carbonyl (C=O) groups excluding carboxylic acids is 1. The van der Waals surface area contributed by atoms with Gasteiger partial charge in [0.1, 0.15) is 5.71 Å². The number of hydrogen-bond acceptors (Lipinski definition) is 4. The Labute approximate surface area is 97.4 Å². The van der Waals surface area contributed by atoms with Crippen molar-refractivity contribution >= 4 is 23.2 Å². The predicted octanol–water partition coefficient (Wildman–Crippen LogP) is 1.56. The van der Waals surface area contributed by atoms with Crippen LogP contribution in [-0.2, 0) is 9.63 Å². The van der Waals surface area contributed by atoms with Crippen LogP contribution in [0.4, 0.5) is 0 Å². The normalized spacial score (nSPS) is 19.1. The molecule has 0 saturated heterocycles. The Bertz CT molecular complexity index is 427.